The summed E-state index contributed by atoms with van der Waals surface area (Å²) >= 11 is 12.1. The van der Waals surface area contributed by atoms with Crippen molar-refractivity contribution in [3.05, 3.63) is 46.5 Å². The molecule has 0 amide bonds. The molecule has 148 valence electrons. The molecule has 27 heavy (non-hydrogen) atoms. The maximum absolute atomic E-state index is 12.1. The molecule has 3 N–H and O–H groups in total. The molecule has 11 heteroatoms. The number of nitrogens with zero attached hydrogens (tertiary/aromatic N) is 3. The van der Waals surface area contributed by atoms with Crippen LogP contribution in [-0.2, 0) is 23.6 Å². The average Bonchev–Trinajstić information content (AvgIpc) is 2.90. The van der Waals surface area contributed by atoms with Crippen LogP contribution in [0.4, 0.5) is 0 Å². The van der Waals surface area contributed by atoms with Crippen molar-refractivity contribution in [1.82, 2.24) is 24.9 Å². The lowest BCUT2D eigenvalue weighted by atomic mass is 10.4. The number of hydrogen-bond acceptors (Lipinski definition) is 4. The van der Waals surface area contributed by atoms with Crippen LogP contribution in [0.25, 0.3) is 0 Å². The molecule has 2 aromatic rings. The van der Waals surface area contributed by atoms with Crippen LogP contribution >= 0.6 is 23.2 Å². The van der Waals surface area contributed by atoms with E-state index >= 15 is 0 Å². The number of guanidine groups is 1. The Morgan fingerprint density at radius 1 is 1.30 bits per heavy atom. The minimum Gasteiger partial charge on any atom is -0.357 e. The van der Waals surface area contributed by atoms with Gasteiger partial charge in [0, 0.05) is 44.8 Å². The maximum Gasteiger partial charge on any atom is 0.242 e. The Kier molecular flexibility index (Phi) is 7.91. The second-order valence-corrected chi connectivity index (χ2v) is 8.07. The lowest BCUT2D eigenvalue weighted by Crippen LogP contribution is -2.41. The van der Waals surface area contributed by atoms with Crippen molar-refractivity contribution in [1.29, 1.82) is 0 Å². The van der Waals surface area contributed by atoms with Crippen molar-refractivity contribution in [2.75, 3.05) is 19.6 Å². The summed E-state index contributed by atoms with van der Waals surface area (Å²) in [5, 5.41) is 7.12. The number of nitrogens with one attached hydrogen (secondary N) is 3. The number of pyridine rings is 1. The lowest BCUT2D eigenvalue weighted by Gasteiger charge is -2.12. The standard InChI is InChI=1S/C16H22Cl2N6O2S/c1-3-20-16(22-10-12-9-14(17)15(18)24(12)2)21-7-8-23-27(25,26)13-5-4-6-19-11-13/h4-6,9,11,23H,3,7-8,10H2,1-2H3,(H2,20,21,22). The van der Waals surface area contributed by atoms with Gasteiger partial charge in [0.25, 0.3) is 0 Å². The fourth-order valence-electron chi connectivity index (χ4n) is 2.20. The molecular formula is C16H22Cl2N6O2S. The predicted octanol–water partition coefficient (Wildman–Crippen LogP) is 1.76. The molecule has 0 fully saturated rings. The summed E-state index contributed by atoms with van der Waals surface area (Å²) in [6.45, 7) is 3.55. The maximum atomic E-state index is 12.1. The molecule has 0 saturated carbocycles. The average molecular weight is 433 g/mol. The smallest absolute Gasteiger partial charge is 0.242 e. The Bertz CT molecular complexity index is 884. The predicted molar refractivity (Wildman–Crippen MR) is 108 cm³/mol. The van der Waals surface area contributed by atoms with Crippen molar-refractivity contribution in [3.8, 4) is 0 Å². The van der Waals surface area contributed by atoms with E-state index in [1.807, 2.05) is 14.0 Å². The Labute approximate surface area is 169 Å². The first-order valence-electron chi connectivity index (χ1n) is 8.26. The minimum absolute atomic E-state index is 0.128. The van der Waals surface area contributed by atoms with Crippen LogP contribution in [0.3, 0.4) is 0 Å². The van der Waals surface area contributed by atoms with Gasteiger partial charge in [0.15, 0.2) is 5.96 Å². The summed E-state index contributed by atoms with van der Waals surface area (Å²) in [6.07, 6.45) is 2.82. The van der Waals surface area contributed by atoms with E-state index in [2.05, 4.69) is 25.3 Å². The number of halogens is 2. The fraction of sp³-hybridized carbons (Fsp3) is 0.375. The second-order valence-electron chi connectivity index (χ2n) is 5.54. The van der Waals surface area contributed by atoms with Gasteiger partial charge in [-0.2, -0.15) is 0 Å². The van der Waals surface area contributed by atoms with Crippen LogP contribution in [-0.4, -0.2) is 43.6 Å². The lowest BCUT2D eigenvalue weighted by molar-refractivity contribution is 0.580. The molecule has 0 aliphatic heterocycles. The van der Waals surface area contributed by atoms with Gasteiger partial charge in [-0.3, -0.25) is 4.98 Å². The topological polar surface area (TPSA) is 100 Å². The first-order chi connectivity index (χ1) is 12.8. The van der Waals surface area contributed by atoms with Crippen molar-refractivity contribution in [2.24, 2.45) is 12.0 Å². The Balaban J connectivity index is 1.89. The zero-order chi connectivity index (χ0) is 19.9. The molecule has 8 nitrogen and oxygen atoms in total. The van der Waals surface area contributed by atoms with E-state index in [1.165, 1.54) is 18.5 Å². The van der Waals surface area contributed by atoms with E-state index in [4.69, 9.17) is 23.2 Å². The van der Waals surface area contributed by atoms with Crippen molar-refractivity contribution in [3.63, 3.8) is 0 Å². The first kappa shape index (κ1) is 21.5. The SMILES string of the molecule is CCNC(=NCc1cc(Cl)c(Cl)n1C)NCCNS(=O)(=O)c1cccnc1. The summed E-state index contributed by atoms with van der Waals surface area (Å²) in [6, 6.07) is 4.83. The summed E-state index contributed by atoms with van der Waals surface area (Å²) in [4.78, 5) is 8.40. The van der Waals surface area contributed by atoms with Gasteiger partial charge in [-0.25, -0.2) is 18.1 Å². The number of hydrogen-bond donors (Lipinski definition) is 3. The van der Waals surface area contributed by atoms with E-state index in [0.717, 1.165) is 5.69 Å². The Morgan fingerprint density at radius 2 is 2.07 bits per heavy atom. The van der Waals surface area contributed by atoms with Crippen LogP contribution in [0.1, 0.15) is 12.6 Å². The summed E-state index contributed by atoms with van der Waals surface area (Å²) < 4.78 is 28.5. The first-order valence-corrected chi connectivity index (χ1v) is 10.5. The molecule has 0 radical (unpaired) electrons. The van der Waals surface area contributed by atoms with Crippen molar-refractivity contribution < 1.29 is 8.42 Å². The summed E-state index contributed by atoms with van der Waals surface area (Å²) in [7, 11) is -1.77. The van der Waals surface area contributed by atoms with Gasteiger partial charge in [-0.15, -0.1) is 0 Å². The highest BCUT2D eigenvalue weighted by Crippen LogP contribution is 2.25. The van der Waals surface area contributed by atoms with Crippen LogP contribution in [0, 0.1) is 0 Å². The molecule has 2 aromatic heterocycles. The van der Waals surface area contributed by atoms with Crippen molar-refractivity contribution >= 4 is 39.2 Å². The second kappa shape index (κ2) is 9.93. The minimum atomic E-state index is -3.58. The quantitative estimate of drug-likeness (QED) is 0.335. The molecule has 0 aliphatic rings. The number of sulfonamides is 1. The third kappa shape index (κ3) is 6.10. The molecule has 2 rings (SSSR count). The summed E-state index contributed by atoms with van der Waals surface area (Å²) in [5.41, 5.74) is 0.861. The highest BCUT2D eigenvalue weighted by molar-refractivity contribution is 7.89. The van der Waals surface area contributed by atoms with E-state index in [-0.39, 0.29) is 11.4 Å². The van der Waals surface area contributed by atoms with E-state index in [9.17, 15) is 8.42 Å². The molecule has 0 unspecified atom stereocenters. The fourth-order valence-corrected chi connectivity index (χ4v) is 3.61. The number of aliphatic imine (C=N–C) groups is 1. The van der Waals surface area contributed by atoms with Gasteiger partial charge in [0.2, 0.25) is 10.0 Å². The van der Waals surface area contributed by atoms with Gasteiger partial charge in [-0.05, 0) is 25.1 Å². The largest absolute Gasteiger partial charge is 0.357 e. The molecule has 0 aromatic carbocycles. The number of aromatic nitrogens is 2. The Hall–Kier alpha value is -1.81. The van der Waals surface area contributed by atoms with Gasteiger partial charge in [0.05, 0.1) is 11.6 Å². The molecule has 0 bridgehead atoms. The van der Waals surface area contributed by atoms with E-state index in [1.54, 1.807) is 16.7 Å². The van der Waals surface area contributed by atoms with Crippen LogP contribution < -0.4 is 15.4 Å². The third-order valence-electron chi connectivity index (χ3n) is 3.61. The normalized spacial score (nSPS) is 12.2. The Morgan fingerprint density at radius 3 is 2.67 bits per heavy atom. The highest BCUT2D eigenvalue weighted by Gasteiger charge is 2.13. The number of rotatable bonds is 8. The van der Waals surface area contributed by atoms with Gasteiger partial charge < -0.3 is 15.2 Å². The van der Waals surface area contributed by atoms with Gasteiger partial charge in [-0.1, -0.05) is 23.2 Å². The van der Waals surface area contributed by atoms with Crippen LogP contribution in [0.5, 0.6) is 0 Å². The zero-order valence-electron chi connectivity index (χ0n) is 15.0. The molecule has 2 heterocycles. The monoisotopic (exact) mass is 432 g/mol. The van der Waals surface area contributed by atoms with Gasteiger partial charge >= 0.3 is 0 Å². The third-order valence-corrected chi connectivity index (χ3v) is 5.90. The molecule has 0 saturated heterocycles. The molecular weight excluding hydrogens is 411 g/mol. The molecule has 0 aliphatic carbocycles. The van der Waals surface area contributed by atoms with Gasteiger partial charge in [0.1, 0.15) is 10.0 Å². The van der Waals surface area contributed by atoms with Crippen LogP contribution in [0.2, 0.25) is 10.2 Å². The van der Waals surface area contributed by atoms with E-state index < -0.39 is 10.0 Å². The molecule has 0 spiro atoms. The molecule has 0 atom stereocenters. The van der Waals surface area contributed by atoms with Crippen LogP contribution in [0.15, 0.2) is 40.5 Å². The van der Waals surface area contributed by atoms with Crippen molar-refractivity contribution in [2.45, 2.75) is 18.4 Å². The zero-order valence-corrected chi connectivity index (χ0v) is 17.4. The summed E-state index contributed by atoms with van der Waals surface area (Å²) in [5.74, 6) is 0.562. The van der Waals surface area contributed by atoms with E-state index in [0.29, 0.717) is 35.8 Å². The highest BCUT2D eigenvalue weighted by atomic mass is 35.5.